The van der Waals surface area contributed by atoms with Crippen molar-refractivity contribution < 1.29 is 14.3 Å². The third kappa shape index (κ3) is 5.91. The van der Waals surface area contributed by atoms with Gasteiger partial charge in [-0.25, -0.2) is 0 Å². The highest BCUT2D eigenvalue weighted by Crippen LogP contribution is 2.35. The van der Waals surface area contributed by atoms with Gasteiger partial charge < -0.3 is 14.8 Å². The fourth-order valence-corrected chi connectivity index (χ4v) is 4.55. The molecule has 1 N–H and O–H groups in total. The first kappa shape index (κ1) is 21.9. The lowest BCUT2D eigenvalue weighted by Crippen LogP contribution is -2.47. The van der Waals surface area contributed by atoms with Crippen LogP contribution < -0.4 is 5.32 Å². The fourth-order valence-electron chi connectivity index (χ4n) is 4.55. The van der Waals surface area contributed by atoms with E-state index in [0.717, 1.165) is 69.7 Å². The van der Waals surface area contributed by atoms with E-state index >= 15 is 0 Å². The third-order valence-corrected chi connectivity index (χ3v) is 6.44. The Hall–Kier alpha value is -2.28. The molecule has 166 valence electrons. The normalized spacial score (nSPS) is 19.1. The highest BCUT2D eigenvalue weighted by atomic mass is 16.5. The van der Waals surface area contributed by atoms with Gasteiger partial charge in [0.15, 0.2) is 0 Å². The molecule has 0 atom stereocenters. The van der Waals surface area contributed by atoms with Crippen molar-refractivity contribution in [3.63, 3.8) is 0 Å². The minimum absolute atomic E-state index is 0.171. The van der Waals surface area contributed by atoms with Gasteiger partial charge in [0.1, 0.15) is 0 Å². The number of hydrogen-bond acceptors (Lipinski definition) is 5. The van der Waals surface area contributed by atoms with E-state index < -0.39 is 5.41 Å². The molecule has 0 spiro atoms. The Kier molecular flexibility index (Phi) is 7.67. The zero-order valence-electron chi connectivity index (χ0n) is 18.2. The van der Waals surface area contributed by atoms with Crippen LogP contribution in [0.1, 0.15) is 24.8 Å². The van der Waals surface area contributed by atoms with E-state index in [9.17, 15) is 4.79 Å². The Labute approximate surface area is 185 Å². The summed E-state index contributed by atoms with van der Waals surface area (Å²) in [4.78, 5) is 20.0. The molecule has 0 bridgehead atoms. The van der Waals surface area contributed by atoms with Gasteiger partial charge in [-0.05, 0) is 55.0 Å². The number of nitrogens with zero attached hydrogens (tertiary/aromatic N) is 2. The Balaban J connectivity index is 1.38. The highest BCUT2D eigenvalue weighted by Gasteiger charge is 2.39. The maximum Gasteiger partial charge on any atom is 0.226 e. The van der Waals surface area contributed by atoms with Crippen LogP contribution in [-0.4, -0.2) is 68.4 Å². The van der Waals surface area contributed by atoms with E-state index in [1.54, 1.807) is 6.20 Å². The molecule has 0 unspecified atom stereocenters. The van der Waals surface area contributed by atoms with Gasteiger partial charge in [0.25, 0.3) is 0 Å². The van der Waals surface area contributed by atoms with Crippen molar-refractivity contribution >= 4 is 5.91 Å². The summed E-state index contributed by atoms with van der Waals surface area (Å²) in [6, 6.07) is 12.5. The van der Waals surface area contributed by atoms with Gasteiger partial charge in [-0.2, -0.15) is 0 Å². The minimum Gasteiger partial charge on any atom is -0.381 e. The van der Waals surface area contributed by atoms with Crippen LogP contribution in [0.2, 0.25) is 0 Å². The molecule has 31 heavy (non-hydrogen) atoms. The molecule has 2 saturated heterocycles. The molecule has 1 aromatic heterocycles. The van der Waals surface area contributed by atoms with Gasteiger partial charge >= 0.3 is 0 Å². The van der Waals surface area contributed by atoms with Crippen molar-refractivity contribution in [3.8, 4) is 11.1 Å². The maximum atomic E-state index is 13.3. The highest BCUT2D eigenvalue weighted by molar-refractivity contribution is 5.83. The number of carbonyl (C=O) groups excluding carboxylic acids is 1. The number of pyridine rings is 1. The van der Waals surface area contributed by atoms with Crippen LogP contribution >= 0.6 is 0 Å². The second kappa shape index (κ2) is 10.8. The molecule has 0 aliphatic carbocycles. The topological polar surface area (TPSA) is 63.7 Å². The molecule has 0 radical (unpaired) electrons. The third-order valence-electron chi connectivity index (χ3n) is 6.44. The molecule has 4 rings (SSSR count). The molecule has 0 saturated carbocycles. The molecular weight excluding hydrogens is 390 g/mol. The number of nitrogens with one attached hydrogen (secondary N) is 1. The molecule has 1 aromatic carbocycles. The largest absolute Gasteiger partial charge is 0.381 e. The van der Waals surface area contributed by atoms with Gasteiger partial charge in [-0.15, -0.1) is 0 Å². The molecule has 3 heterocycles. The second-order valence-corrected chi connectivity index (χ2v) is 8.58. The molecule has 6 heteroatoms. The summed E-state index contributed by atoms with van der Waals surface area (Å²) in [5.41, 5.74) is 3.02. The van der Waals surface area contributed by atoms with Crippen LogP contribution in [0.3, 0.4) is 0 Å². The van der Waals surface area contributed by atoms with Crippen molar-refractivity contribution in [1.82, 2.24) is 15.2 Å². The molecule has 1 amide bonds. The lowest BCUT2D eigenvalue weighted by Gasteiger charge is -2.36. The van der Waals surface area contributed by atoms with Crippen molar-refractivity contribution in [3.05, 3.63) is 54.4 Å². The van der Waals surface area contributed by atoms with Crippen LogP contribution in [0.25, 0.3) is 11.1 Å². The Morgan fingerprint density at radius 2 is 1.81 bits per heavy atom. The van der Waals surface area contributed by atoms with Crippen LogP contribution in [0.15, 0.2) is 48.8 Å². The number of carbonyl (C=O) groups is 1. The standard InChI is InChI=1S/C25H33N3O3/c29-24(27-10-3-11-28-12-16-31-17-13-28)25(7-14-30-15-8-25)19-21-4-1-5-22(18-21)23-6-2-9-26-20-23/h1-2,4-6,9,18,20H,3,7-8,10-17,19H2,(H,27,29). The summed E-state index contributed by atoms with van der Waals surface area (Å²) >= 11 is 0. The smallest absolute Gasteiger partial charge is 0.226 e. The summed E-state index contributed by atoms with van der Waals surface area (Å²) in [7, 11) is 0. The molecule has 2 aromatic rings. The SMILES string of the molecule is O=C(NCCCN1CCOCC1)C1(Cc2cccc(-c3cccnc3)c2)CCOCC1. The van der Waals surface area contributed by atoms with Crippen LogP contribution in [0.4, 0.5) is 0 Å². The van der Waals surface area contributed by atoms with E-state index in [4.69, 9.17) is 9.47 Å². The maximum absolute atomic E-state index is 13.3. The number of morpholine rings is 1. The molecule has 6 nitrogen and oxygen atoms in total. The number of hydrogen-bond donors (Lipinski definition) is 1. The number of amides is 1. The summed E-state index contributed by atoms with van der Waals surface area (Å²) in [6.07, 6.45) is 6.89. The van der Waals surface area contributed by atoms with Gasteiger partial charge in [-0.3, -0.25) is 14.7 Å². The average Bonchev–Trinajstić information content (AvgIpc) is 2.84. The zero-order chi connectivity index (χ0) is 21.4. The minimum atomic E-state index is -0.398. The Morgan fingerprint density at radius 3 is 2.58 bits per heavy atom. The van der Waals surface area contributed by atoms with Gasteiger partial charge in [-0.1, -0.05) is 30.3 Å². The second-order valence-electron chi connectivity index (χ2n) is 8.58. The summed E-state index contributed by atoms with van der Waals surface area (Å²) < 4.78 is 11.0. The van der Waals surface area contributed by atoms with Gasteiger partial charge in [0.05, 0.1) is 18.6 Å². The molecule has 2 aliphatic heterocycles. The molecular formula is C25H33N3O3. The monoisotopic (exact) mass is 423 g/mol. The summed E-state index contributed by atoms with van der Waals surface area (Å²) in [5, 5.41) is 3.24. The van der Waals surface area contributed by atoms with E-state index in [1.807, 2.05) is 12.3 Å². The lowest BCUT2D eigenvalue weighted by atomic mass is 9.74. The Morgan fingerprint density at radius 1 is 1.03 bits per heavy atom. The van der Waals surface area contributed by atoms with E-state index in [0.29, 0.717) is 19.8 Å². The quantitative estimate of drug-likeness (QED) is 0.662. The van der Waals surface area contributed by atoms with E-state index in [2.05, 4.69) is 45.5 Å². The van der Waals surface area contributed by atoms with Gasteiger partial charge in [0.2, 0.25) is 5.91 Å². The summed E-state index contributed by atoms with van der Waals surface area (Å²) in [5.74, 6) is 0.171. The van der Waals surface area contributed by atoms with Crippen molar-refractivity contribution in [2.45, 2.75) is 25.7 Å². The molecule has 2 fully saturated rings. The van der Waals surface area contributed by atoms with E-state index in [1.165, 1.54) is 5.56 Å². The number of benzene rings is 1. The van der Waals surface area contributed by atoms with Crippen molar-refractivity contribution in [2.24, 2.45) is 5.41 Å². The van der Waals surface area contributed by atoms with Crippen molar-refractivity contribution in [2.75, 3.05) is 52.6 Å². The number of rotatable bonds is 8. The zero-order valence-corrected chi connectivity index (χ0v) is 18.2. The Bertz CT molecular complexity index is 831. The first-order valence-corrected chi connectivity index (χ1v) is 11.4. The fraction of sp³-hybridized carbons (Fsp3) is 0.520. The first-order chi connectivity index (χ1) is 15.3. The van der Waals surface area contributed by atoms with E-state index in [-0.39, 0.29) is 5.91 Å². The van der Waals surface area contributed by atoms with Crippen molar-refractivity contribution in [1.29, 1.82) is 0 Å². The average molecular weight is 424 g/mol. The van der Waals surface area contributed by atoms with Crippen LogP contribution in [0, 0.1) is 5.41 Å². The van der Waals surface area contributed by atoms with Gasteiger partial charge in [0, 0.05) is 45.2 Å². The van der Waals surface area contributed by atoms with Crippen LogP contribution in [-0.2, 0) is 20.7 Å². The number of aromatic nitrogens is 1. The first-order valence-electron chi connectivity index (χ1n) is 11.4. The lowest BCUT2D eigenvalue weighted by molar-refractivity contribution is -0.136. The molecule has 2 aliphatic rings. The predicted molar refractivity (Wildman–Crippen MR) is 121 cm³/mol. The predicted octanol–water partition coefficient (Wildman–Crippen LogP) is 2.93. The summed E-state index contributed by atoms with van der Waals surface area (Å²) in [6.45, 7) is 6.61. The number of ether oxygens (including phenoxy) is 2. The van der Waals surface area contributed by atoms with Crippen LogP contribution in [0.5, 0.6) is 0 Å².